The Kier molecular flexibility index (Phi) is 5.72. The second-order valence-electron chi connectivity index (χ2n) is 5.85. The van der Waals surface area contributed by atoms with Gasteiger partial charge in [0.05, 0.1) is 4.92 Å². The molecule has 0 aromatic heterocycles. The van der Waals surface area contributed by atoms with Gasteiger partial charge >= 0.3 is 0 Å². The SMILES string of the molecule is CC(C)N(Cc1ccc([N+](=O)[O-])cc1Br)CC1CCCN1. The molecule has 5 nitrogen and oxygen atoms in total. The average Bonchev–Trinajstić information content (AvgIpc) is 2.92. The Morgan fingerprint density at radius 2 is 2.29 bits per heavy atom. The third kappa shape index (κ3) is 4.49. The van der Waals surface area contributed by atoms with Gasteiger partial charge in [-0.05, 0) is 44.9 Å². The molecule has 1 heterocycles. The Morgan fingerprint density at radius 3 is 2.81 bits per heavy atom. The maximum atomic E-state index is 10.8. The molecule has 1 aromatic carbocycles. The van der Waals surface area contributed by atoms with E-state index in [2.05, 4.69) is 40.0 Å². The highest BCUT2D eigenvalue weighted by atomic mass is 79.9. The predicted octanol–water partition coefficient (Wildman–Crippen LogP) is 3.32. The van der Waals surface area contributed by atoms with E-state index >= 15 is 0 Å². The smallest absolute Gasteiger partial charge is 0.270 e. The van der Waals surface area contributed by atoms with Crippen LogP contribution in [-0.2, 0) is 6.54 Å². The van der Waals surface area contributed by atoms with Crippen LogP contribution in [0.1, 0.15) is 32.3 Å². The summed E-state index contributed by atoms with van der Waals surface area (Å²) < 4.78 is 0.807. The Bertz CT molecular complexity index is 502. The molecule has 1 aliphatic rings. The molecule has 1 fully saturated rings. The van der Waals surface area contributed by atoms with Crippen LogP contribution in [0.4, 0.5) is 5.69 Å². The number of nitrogens with zero attached hydrogens (tertiary/aromatic N) is 2. The Balaban J connectivity index is 2.07. The summed E-state index contributed by atoms with van der Waals surface area (Å²) in [6, 6.07) is 6.01. The number of non-ortho nitro benzene ring substituents is 1. The van der Waals surface area contributed by atoms with Crippen molar-refractivity contribution in [2.45, 2.75) is 45.3 Å². The lowest BCUT2D eigenvalue weighted by atomic mass is 10.1. The fourth-order valence-corrected chi connectivity index (χ4v) is 3.14. The van der Waals surface area contributed by atoms with Crippen molar-refractivity contribution < 1.29 is 4.92 Å². The molecule has 2 rings (SSSR count). The maximum Gasteiger partial charge on any atom is 0.270 e. The van der Waals surface area contributed by atoms with Gasteiger partial charge in [-0.25, -0.2) is 0 Å². The molecular formula is C15H22BrN3O2. The summed E-state index contributed by atoms with van der Waals surface area (Å²) in [4.78, 5) is 12.8. The lowest BCUT2D eigenvalue weighted by Gasteiger charge is -2.29. The van der Waals surface area contributed by atoms with Crippen LogP contribution < -0.4 is 5.32 Å². The van der Waals surface area contributed by atoms with Crippen LogP contribution in [0.15, 0.2) is 22.7 Å². The first-order valence-corrected chi connectivity index (χ1v) is 8.17. The number of hydrogen-bond acceptors (Lipinski definition) is 4. The summed E-state index contributed by atoms with van der Waals surface area (Å²) in [5, 5.41) is 14.3. The third-order valence-corrected chi connectivity index (χ3v) is 4.71. The number of nitro groups is 1. The van der Waals surface area contributed by atoms with Crippen LogP contribution in [0.5, 0.6) is 0 Å². The molecule has 1 unspecified atom stereocenters. The van der Waals surface area contributed by atoms with Crippen LogP contribution in [-0.4, -0.2) is 35.0 Å². The zero-order chi connectivity index (χ0) is 15.4. The fourth-order valence-electron chi connectivity index (χ4n) is 2.65. The summed E-state index contributed by atoms with van der Waals surface area (Å²) in [6.45, 7) is 7.30. The van der Waals surface area contributed by atoms with Gasteiger partial charge in [-0.1, -0.05) is 15.9 Å². The van der Waals surface area contributed by atoms with Gasteiger partial charge in [-0.15, -0.1) is 0 Å². The maximum absolute atomic E-state index is 10.8. The summed E-state index contributed by atoms with van der Waals surface area (Å²) in [5.41, 5.74) is 1.21. The van der Waals surface area contributed by atoms with Crippen molar-refractivity contribution >= 4 is 21.6 Å². The normalized spacial score (nSPS) is 18.6. The third-order valence-electron chi connectivity index (χ3n) is 3.97. The van der Waals surface area contributed by atoms with Crippen molar-refractivity contribution in [3.8, 4) is 0 Å². The fraction of sp³-hybridized carbons (Fsp3) is 0.600. The molecule has 6 heteroatoms. The van der Waals surface area contributed by atoms with Crippen molar-refractivity contribution in [3.63, 3.8) is 0 Å². The highest BCUT2D eigenvalue weighted by molar-refractivity contribution is 9.10. The molecule has 0 radical (unpaired) electrons. The van der Waals surface area contributed by atoms with Crippen molar-refractivity contribution in [3.05, 3.63) is 38.3 Å². The van der Waals surface area contributed by atoms with E-state index in [0.717, 1.165) is 29.7 Å². The largest absolute Gasteiger partial charge is 0.313 e. The molecule has 1 aliphatic heterocycles. The molecule has 1 saturated heterocycles. The van der Waals surface area contributed by atoms with E-state index in [0.29, 0.717) is 12.1 Å². The van der Waals surface area contributed by atoms with Gasteiger partial charge in [0, 0.05) is 41.8 Å². The van der Waals surface area contributed by atoms with Crippen LogP contribution >= 0.6 is 15.9 Å². The van der Waals surface area contributed by atoms with Crippen LogP contribution in [0, 0.1) is 10.1 Å². The highest BCUT2D eigenvalue weighted by Crippen LogP contribution is 2.25. The molecule has 0 spiro atoms. The molecule has 1 aromatic rings. The monoisotopic (exact) mass is 355 g/mol. The van der Waals surface area contributed by atoms with Crippen LogP contribution in [0.3, 0.4) is 0 Å². The van der Waals surface area contributed by atoms with Crippen molar-refractivity contribution in [2.75, 3.05) is 13.1 Å². The standard InChI is InChI=1S/C15H22BrN3O2/c1-11(2)18(10-13-4-3-7-17-13)9-12-5-6-14(19(20)21)8-15(12)16/h5-6,8,11,13,17H,3-4,7,9-10H2,1-2H3. The zero-order valence-corrected chi connectivity index (χ0v) is 14.1. The topological polar surface area (TPSA) is 58.4 Å². The van der Waals surface area contributed by atoms with Gasteiger partial charge < -0.3 is 5.32 Å². The molecule has 21 heavy (non-hydrogen) atoms. The van der Waals surface area contributed by atoms with Gasteiger partial charge in [-0.3, -0.25) is 15.0 Å². The number of nitro benzene ring substituents is 1. The first-order chi connectivity index (χ1) is 9.97. The quantitative estimate of drug-likeness (QED) is 0.628. The highest BCUT2D eigenvalue weighted by Gasteiger charge is 2.21. The van der Waals surface area contributed by atoms with Crippen molar-refractivity contribution in [1.29, 1.82) is 0 Å². The first kappa shape index (κ1) is 16.4. The first-order valence-electron chi connectivity index (χ1n) is 7.37. The number of benzene rings is 1. The summed E-state index contributed by atoms with van der Waals surface area (Å²) in [7, 11) is 0. The van der Waals surface area contributed by atoms with E-state index < -0.39 is 0 Å². The zero-order valence-electron chi connectivity index (χ0n) is 12.5. The second-order valence-corrected chi connectivity index (χ2v) is 6.70. The summed E-state index contributed by atoms with van der Waals surface area (Å²) >= 11 is 3.46. The number of nitrogens with one attached hydrogen (secondary N) is 1. The number of hydrogen-bond donors (Lipinski definition) is 1. The van der Waals surface area contributed by atoms with Crippen molar-refractivity contribution in [2.24, 2.45) is 0 Å². The van der Waals surface area contributed by atoms with E-state index in [9.17, 15) is 10.1 Å². The Hall–Kier alpha value is -0.980. The van der Waals surface area contributed by atoms with Gasteiger partial charge in [0.25, 0.3) is 5.69 Å². The van der Waals surface area contributed by atoms with Gasteiger partial charge in [0.15, 0.2) is 0 Å². The molecule has 1 atom stereocenters. The molecular weight excluding hydrogens is 334 g/mol. The molecule has 1 N–H and O–H groups in total. The molecule has 116 valence electrons. The molecule has 0 bridgehead atoms. The van der Waals surface area contributed by atoms with Gasteiger partial charge in [0.2, 0.25) is 0 Å². The minimum absolute atomic E-state index is 0.124. The number of rotatable bonds is 6. The van der Waals surface area contributed by atoms with Gasteiger partial charge in [-0.2, -0.15) is 0 Å². The molecule has 0 aliphatic carbocycles. The predicted molar refractivity (Wildman–Crippen MR) is 87.4 cm³/mol. The molecule has 0 saturated carbocycles. The van der Waals surface area contributed by atoms with E-state index in [-0.39, 0.29) is 10.6 Å². The summed E-state index contributed by atoms with van der Waals surface area (Å²) in [6.07, 6.45) is 2.47. The minimum atomic E-state index is -0.364. The van der Waals surface area contributed by atoms with E-state index in [1.54, 1.807) is 12.1 Å². The Morgan fingerprint density at radius 1 is 1.52 bits per heavy atom. The molecule has 0 amide bonds. The lowest BCUT2D eigenvalue weighted by Crippen LogP contribution is -2.40. The van der Waals surface area contributed by atoms with E-state index in [4.69, 9.17) is 0 Å². The van der Waals surface area contributed by atoms with E-state index in [1.165, 1.54) is 12.8 Å². The van der Waals surface area contributed by atoms with Gasteiger partial charge in [0.1, 0.15) is 0 Å². The lowest BCUT2D eigenvalue weighted by molar-refractivity contribution is -0.384. The number of halogens is 1. The van der Waals surface area contributed by atoms with E-state index in [1.807, 2.05) is 6.07 Å². The minimum Gasteiger partial charge on any atom is -0.313 e. The van der Waals surface area contributed by atoms with Crippen molar-refractivity contribution in [1.82, 2.24) is 10.2 Å². The van der Waals surface area contributed by atoms with Crippen LogP contribution in [0.2, 0.25) is 0 Å². The van der Waals surface area contributed by atoms with Crippen LogP contribution in [0.25, 0.3) is 0 Å². The Labute approximate surface area is 134 Å². The second kappa shape index (κ2) is 7.33. The average molecular weight is 356 g/mol. The summed E-state index contributed by atoms with van der Waals surface area (Å²) in [5.74, 6) is 0.